The first-order valence-electron chi connectivity index (χ1n) is 5.49. The molecule has 0 radical (unpaired) electrons. The first-order valence-corrected chi connectivity index (χ1v) is 6.66. The van der Waals surface area contributed by atoms with Crippen molar-refractivity contribution in [2.24, 2.45) is 0 Å². The Hall–Kier alpha value is -2.19. The molecule has 0 aliphatic carbocycles. The first-order chi connectivity index (χ1) is 9.88. The zero-order chi connectivity index (χ0) is 15.6. The van der Waals surface area contributed by atoms with Gasteiger partial charge in [0.2, 0.25) is 5.82 Å². The van der Waals surface area contributed by atoms with Crippen molar-refractivity contribution >= 4 is 44.9 Å². The van der Waals surface area contributed by atoms with Crippen LogP contribution in [0.15, 0.2) is 34.8 Å². The third-order valence-electron chi connectivity index (χ3n) is 2.47. The van der Waals surface area contributed by atoms with Crippen molar-refractivity contribution in [3.63, 3.8) is 0 Å². The highest BCUT2D eigenvalue weighted by Gasteiger charge is 2.20. The fraction of sp³-hybridized carbons (Fsp3) is 0. The Balaban J connectivity index is 2.35. The van der Waals surface area contributed by atoms with Gasteiger partial charge in [-0.3, -0.25) is 14.9 Å². The lowest BCUT2D eigenvalue weighted by atomic mass is 10.2. The minimum Gasteiger partial charge on any atom is -0.507 e. The number of nitro groups is 1. The molecule has 1 heterocycles. The average molecular weight is 373 g/mol. The van der Waals surface area contributed by atoms with E-state index in [9.17, 15) is 20.0 Å². The third kappa shape index (κ3) is 3.47. The highest BCUT2D eigenvalue weighted by atomic mass is 79.9. The number of nitrogens with one attached hydrogen (secondary N) is 1. The third-order valence-corrected chi connectivity index (χ3v) is 3.18. The van der Waals surface area contributed by atoms with Crippen LogP contribution >= 0.6 is 27.5 Å². The highest BCUT2D eigenvalue weighted by Crippen LogP contribution is 2.27. The molecular weight excluding hydrogens is 366 g/mol. The number of nitrogens with zero attached hydrogens (tertiary/aromatic N) is 2. The van der Waals surface area contributed by atoms with Crippen molar-refractivity contribution in [1.29, 1.82) is 0 Å². The molecule has 0 aliphatic heterocycles. The smallest absolute Gasteiger partial charge is 0.311 e. The number of rotatable bonds is 3. The van der Waals surface area contributed by atoms with Gasteiger partial charge in [-0.25, -0.2) is 4.98 Å². The maximum Gasteiger partial charge on any atom is 0.311 e. The van der Waals surface area contributed by atoms with Gasteiger partial charge in [0.05, 0.1) is 10.5 Å². The molecular formula is C12H7BrClN3O4. The van der Waals surface area contributed by atoms with E-state index in [1.807, 2.05) is 0 Å². The predicted molar refractivity (Wildman–Crippen MR) is 79.7 cm³/mol. The fourth-order valence-corrected chi connectivity index (χ4v) is 2.04. The molecule has 2 rings (SSSR count). The van der Waals surface area contributed by atoms with Gasteiger partial charge in [0.15, 0.2) is 0 Å². The molecule has 0 spiro atoms. The van der Waals surface area contributed by atoms with Gasteiger partial charge >= 0.3 is 5.69 Å². The van der Waals surface area contributed by atoms with Crippen LogP contribution in [0.5, 0.6) is 5.75 Å². The number of aromatic hydroxyl groups is 1. The summed E-state index contributed by atoms with van der Waals surface area (Å²) in [5.74, 6) is -1.30. The summed E-state index contributed by atoms with van der Waals surface area (Å²) in [6.45, 7) is 0. The van der Waals surface area contributed by atoms with E-state index in [-0.39, 0.29) is 22.3 Å². The number of aromatic nitrogens is 1. The van der Waals surface area contributed by atoms with Gasteiger partial charge in [-0.2, -0.15) is 0 Å². The zero-order valence-electron chi connectivity index (χ0n) is 10.2. The van der Waals surface area contributed by atoms with Gasteiger partial charge in [-0.1, -0.05) is 27.5 Å². The maximum atomic E-state index is 12.0. The number of carbonyl (C=O) groups is 1. The highest BCUT2D eigenvalue weighted by molar-refractivity contribution is 9.10. The number of hydrogen-bond acceptors (Lipinski definition) is 5. The van der Waals surface area contributed by atoms with Crippen LogP contribution in [0.25, 0.3) is 0 Å². The number of phenols is 1. The Morgan fingerprint density at radius 3 is 2.71 bits per heavy atom. The molecule has 0 unspecified atom stereocenters. The number of benzene rings is 1. The van der Waals surface area contributed by atoms with Gasteiger partial charge in [0.25, 0.3) is 5.91 Å². The van der Waals surface area contributed by atoms with E-state index in [0.717, 1.165) is 6.07 Å². The van der Waals surface area contributed by atoms with Crippen molar-refractivity contribution in [2.45, 2.75) is 0 Å². The zero-order valence-corrected chi connectivity index (χ0v) is 12.6. The van der Waals surface area contributed by atoms with Gasteiger partial charge in [-0.15, -0.1) is 0 Å². The summed E-state index contributed by atoms with van der Waals surface area (Å²) >= 11 is 8.80. The van der Waals surface area contributed by atoms with Crippen LogP contribution in [-0.4, -0.2) is 20.9 Å². The van der Waals surface area contributed by atoms with E-state index in [0.29, 0.717) is 4.47 Å². The Kier molecular flexibility index (Phi) is 4.39. The van der Waals surface area contributed by atoms with Gasteiger partial charge < -0.3 is 10.4 Å². The average Bonchev–Trinajstić information content (AvgIpc) is 2.37. The van der Waals surface area contributed by atoms with Gasteiger partial charge in [-0.05, 0) is 24.3 Å². The summed E-state index contributed by atoms with van der Waals surface area (Å²) in [6, 6.07) is 6.62. The SMILES string of the molecule is O=C(Nc1nc(Cl)ccc1[N+](=O)[O-])c1ccc(Br)cc1O. The molecule has 0 saturated carbocycles. The van der Waals surface area contributed by atoms with Gasteiger partial charge in [0, 0.05) is 10.5 Å². The molecule has 9 heteroatoms. The second-order valence-electron chi connectivity index (χ2n) is 3.87. The van der Waals surface area contributed by atoms with Crippen LogP contribution in [0, 0.1) is 10.1 Å². The van der Waals surface area contributed by atoms with E-state index in [2.05, 4.69) is 26.2 Å². The van der Waals surface area contributed by atoms with Crippen molar-refractivity contribution in [2.75, 3.05) is 5.32 Å². The van der Waals surface area contributed by atoms with E-state index < -0.39 is 16.5 Å². The molecule has 2 N–H and O–H groups in total. The Bertz CT molecular complexity index is 738. The summed E-state index contributed by atoms with van der Waals surface area (Å²) in [6.07, 6.45) is 0. The topological polar surface area (TPSA) is 105 Å². The summed E-state index contributed by atoms with van der Waals surface area (Å²) in [5, 5.41) is 22.8. The Labute approximate surface area is 131 Å². The lowest BCUT2D eigenvalue weighted by Crippen LogP contribution is -2.14. The molecule has 2 aromatic rings. The van der Waals surface area contributed by atoms with Crippen LogP contribution in [0.4, 0.5) is 11.5 Å². The molecule has 0 aliphatic rings. The molecule has 1 aromatic carbocycles. The van der Waals surface area contributed by atoms with E-state index >= 15 is 0 Å². The molecule has 108 valence electrons. The van der Waals surface area contributed by atoms with E-state index in [1.54, 1.807) is 6.07 Å². The number of carbonyl (C=O) groups excluding carboxylic acids is 1. The molecule has 21 heavy (non-hydrogen) atoms. The second kappa shape index (κ2) is 6.06. The number of amides is 1. The number of hydrogen-bond donors (Lipinski definition) is 2. The van der Waals surface area contributed by atoms with Crippen LogP contribution in [-0.2, 0) is 0 Å². The monoisotopic (exact) mass is 371 g/mol. The van der Waals surface area contributed by atoms with Crippen LogP contribution in [0.1, 0.15) is 10.4 Å². The molecule has 0 bridgehead atoms. The van der Waals surface area contributed by atoms with E-state index in [4.69, 9.17) is 11.6 Å². The largest absolute Gasteiger partial charge is 0.507 e. The molecule has 0 fully saturated rings. The molecule has 0 saturated heterocycles. The summed E-state index contributed by atoms with van der Waals surface area (Å²) in [4.78, 5) is 25.9. The Morgan fingerprint density at radius 1 is 1.38 bits per heavy atom. The number of pyridine rings is 1. The standard InChI is InChI=1S/C12H7BrClN3O4/c13-6-1-2-7(9(18)5-6)12(19)16-11-8(17(20)21)3-4-10(14)15-11/h1-5,18H,(H,15,16,19). The number of halogens is 2. The van der Waals surface area contributed by atoms with Gasteiger partial charge in [0.1, 0.15) is 10.9 Å². The maximum absolute atomic E-state index is 12.0. The molecule has 0 atom stereocenters. The van der Waals surface area contributed by atoms with Crippen LogP contribution in [0.3, 0.4) is 0 Å². The van der Waals surface area contributed by atoms with Crippen molar-refractivity contribution < 1.29 is 14.8 Å². The van der Waals surface area contributed by atoms with E-state index in [1.165, 1.54) is 18.2 Å². The minimum atomic E-state index is -0.738. The first kappa shape index (κ1) is 15.2. The fourth-order valence-electron chi connectivity index (χ4n) is 1.54. The number of anilines is 1. The second-order valence-corrected chi connectivity index (χ2v) is 5.18. The number of phenolic OH excluding ortho intramolecular Hbond substituents is 1. The summed E-state index contributed by atoms with van der Waals surface area (Å²) in [7, 11) is 0. The molecule has 7 nitrogen and oxygen atoms in total. The molecule has 1 aromatic heterocycles. The Morgan fingerprint density at radius 2 is 2.10 bits per heavy atom. The summed E-state index contributed by atoms with van der Waals surface area (Å²) < 4.78 is 0.586. The summed E-state index contributed by atoms with van der Waals surface area (Å²) in [5.41, 5.74) is -0.446. The lowest BCUT2D eigenvalue weighted by Gasteiger charge is -2.07. The normalized spacial score (nSPS) is 10.2. The van der Waals surface area contributed by atoms with Crippen molar-refractivity contribution in [1.82, 2.24) is 4.98 Å². The van der Waals surface area contributed by atoms with Crippen molar-refractivity contribution in [3.05, 3.63) is 55.6 Å². The quantitative estimate of drug-likeness (QED) is 0.488. The molecule has 1 amide bonds. The minimum absolute atomic E-state index is 0.00377. The lowest BCUT2D eigenvalue weighted by molar-refractivity contribution is -0.384. The predicted octanol–water partition coefficient (Wildman–Crippen LogP) is 3.36. The van der Waals surface area contributed by atoms with Crippen molar-refractivity contribution in [3.8, 4) is 5.75 Å². The van der Waals surface area contributed by atoms with Crippen LogP contribution in [0.2, 0.25) is 5.15 Å². The van der Waals surface area contributed by atoms with Crippen LogP contribution < -0.4 is 5.32 Å².